The number of carbonyl (C=O) groups is 2. The topological polar surface area (TPSA) is 96.4 Å². The lowest BCUT2D eigenvalue weighted by Gasteiger charge is -2.07. The molecular formula is C13H21N3O4. The summed E-state index contributed by atoms with van der Waals surface area (Å²) in [5.74, 6) is -1.23. The van der Waals surface area contributed by atoms with Gasteiger partial charge in [-0.05, 0) is 20.3 Å². The van der Waals surface area contributed by atoms with Crippen molar-refractivity contribution in [2.75, 3.05) is 18.9 Å². The molecule has 0 amide bonds. The molecule has 0 aromatic carbocycles. The van der Waals surface area contributed by atoms with E-state index in [2.05, 4.69) is 5.10 Å². The molecule has 0 saturated carbocycles. The second-order valence-electron chi connectivity index (χ2n) is 4.31. The van der Waals surface area contributed by atoms with Gasteiger partial charge in [0.2, 0.25) is 0 Å². The second kappa shape index (κ2) is 7.52. The van der Waals surface area contributed by atoms with Crippen molar-refractivity contribution in [3.63, 3.8) is 0 Å². The second-order valence-corrected chi connectivity index (χ2v) is 4.31. The largest absolute Gasteiger partial charge is 0.463 e. The number of aryl methyl sites for hydroxylation is 2. The van der Waals surface area contributed by atoms with Gasteiger partial charge in [0.15, 0.2) is 12.3 Å². The first-order valence-electron chi connectivity index (χ1n) is 6.66. The average molecular weight is 283 g/mol. The summed E-state index contributed by atoms with van der Waals surface area (Å²) in [5, 5.41) is 4.11. The van der Waals surface area contributed by atoms with Crippen molar-refractivity contribution < 1.29 is 19.1 Å². The maximum Gasteiger partial charge on any atom is 0.359 e. The van der Waals surface area contributed by atoms with Gasteiger partial charge in [-0.25, -0.2) is 9.59 Å². The maximum absolute atomic E-state index is 11.9. The number of unbranched alkanes of at least 4 members (excludes halogenated alkanes) is 1. The lowest BCUT2D eigenvalue weighted by molar-refractivity contribution is -0.147. The fourth-order valence-corrected chi connectivity index (χ4v) is 1.60. The number of anilines is 1. The Balaban J connectivity index is 2.57. The molecule has 0 bridgehead atoms. The van der Waals surface area contributed by atoms with Crippen LogP contribution in [0.15, 0.2) is 0 Å². The summed E-state index contributed by atoms with van der Waals surface area (Å²) in [5.41, 5.74) is 6.79. The minimum Gasteiger partial charge on any atom is -0.463 e. The van der Waals surface area contributed by atoms with Crippen molar-refractivity contribution in [2.45, 2.75) is 40.2 Å². The summed E-state index contributed by atoms with van der Waals surface area (Å²) in [6.07, 6.45) is 1.72. The van der Waals surface area contributed by atoms with Crippen LogP contribution in [-0.4, -0.2) is 34.9 Å². The van der Waals surface area contributed by atoms with Crippen LogP contribution < -0.4 is 5.73 Å². The maximum atomic E-state index is 11.9. The van der Waals surface area contributed by atoms with Gasteiger partial charge in [-0.1, -0.05) is 13.3 Å². The first kappa shape index (κ1) is 16.0. The highest BCUT2D eigenvalue weighted by atomic mass is 16.6. The van der Waals surface area contributed by atoms with Crippen LogP contribution in [-0.2, 0) is 20.8 Å². The molecule has 1 heterocycles. The van der Waals surface area contributed by atoms with Gasteiger partial charge >= 0.3 is 11.9 Å². The molecule has 0 aliphatic rings. The fourth-order valence-electron chi connectivity index (χ4n) is 1.60. The van der Waals surface area contributed by atoms with Gasteiger partial charge in [0.1, 0.15) is 0 Å². The van der Waals surface area contributed by atoms with Crippen molar-refractivity contribution in [2.24, 2.45) is 0 Å². The lowest BCUT2D eigenvalue weighted by atomic mass is 10.3. The summed E-state index contributed by atoms with van der Waals surface area (Å²) in [4.78, 5) is 23.3. The Morgan fingerprint density at radius 3 is 2.60 bits per heavy atom. The van der Waals surface area contributed by atoms with Gasteiger partial charge in [0.25, 0.3) is 0 Å². The Bertz CT molecular complexity index is 482. The van der Waals surface area contributed by atoms with E-state index < -0.39 is 18.5 Å². The van der Waals surface area contributed by atoms with Crippen molar-refractivity contribution in [1.29, 1.82) is 0 Å². The Morgan fingerprint density at radius 2 is 2.00 bits per heavy atom. The standard InChI is InChI=1S/C13H21N3O4/c1-4-6-7-19-10(17)8-20-13(18)12-11(14)9(3)15-16(12)5-2/h4-8,14H2,1-3H3. The predicted octanol–water partition coefficient (Wildman–Crippen LogP) is 1.29. The number of hydrogen-bond donors (Lipinski definition) is 1. The third-order valence-electron chi connectivity index (χ3n) is 2.75. The van der Waals surface area contributed by atoms with E-state index in [4.69, 9.17) is 15.2 Å². The number of ether oxygens (including phenoxy) is 2. The normalized spacial score (nSPS) is 10.3. The van der Waals surface area contributed by atoms with Crippen LogP contribution in [0.4, 0.5) is 5.69 Å². The fraction of sp³-hybridized carbons (Fsp3) is 0.615. The van der Waals surface area contributed by atoms with Gasteiger partial charge in [0.05, 0.1) is 18.0 Å². The van der Waals surface area contributed by atoms with E-state index in [9.17, 15) is 9.59 Å². The third-order valence-corrected chi connectivity index (χ3v) is 2.75. The quantitative estimate of drug-likeness (QED) is 0.598. The van der Waals surface area contributed by atoms with Crippen molar-refractivity contribution in [1.82, 2.24) is 9.78 Å². The summed E-state index contributed by atoms with van der Waals surface area (Å²) in [6.45, 7) is 5.93. The predicted molar refractivity (Wildman–Crippen MR) is 73.2 cm³/mol. The van der Waals surface area contributed by atoms with E-state index in [0.717, 1.165) is 12.8 Å². The smallest absolute Gasteiger partial charge is 0.359 e. The zero-order valence-corrected chi connectivity index (χ0v) is 12.1. The van der Waals surface area contributed by atoms with Crippen LogP contribution in [0, 0.1) is 6.92 Å². The molecule has 0 spiro atoms. The third kappa shape index (κ3) is 3.97. The minimum atomic E-state index is -0.669. The van der Waals surface area contributed by atoms with E-state index in [1.165, 1.54) is 4.68 Å². The first-order valence-corrected chi connectivity index (χ1v) is 6.66. The molecule has 1 rings (SSSR count). The number of aromatic nitrogens is 2. The van der Waals surface area contributed by atoms with E-state index in [0.29, 0.717) is 18.8 Å². The SMILES string of the molecule is CCCCOC(=O)COC(=O)c1c(N)c(C)nn1CC. The Morgan fingerprint density at radius 1 is 1.30 bits per heavy atom. The molecule has 0 radical (unpaired) electrons. The highest BCUT2D eigenvalue weighted by Crippen LogP contribution is 2.17. The number of carbonyl (C=O) groups excluding carboxylic acids is 2. The van der Waals surface area contributed by atoms with Crippen molar-refractivity contribution in [3.05, 3.63) is 11.4 Å². The molecule has 1 aromatic rings. The Hall–Kier alpha value is -2.05. The molecular weight excluding hydrogens is 262 g/mol. The number of nitrogens with zero attached hydrogens (tertiary/aromatic N) is 2. The van der Waals surface area contributed by atoms with E-state index in [1.807, 2.05) is 13.8 Å². The number of nitrogens with two attached hydrogens (primary N) is 1. The summed E-state index contributed by atoms with van der Waals surface area (Å²) < 4.78 is 11.2. The van der Waals surface area contributed by atoms with Crippen molar-refractivity contribution >= 4 is 17.6 Å². The minimum absolute atomic E-state index is 0.173. The van der Waals surface area contributed by atoms with Crippen LogP contribution in [0.25, 0.3) is 0 Å². The van der Waals surface area contributed by atoms with Gasteiger partial charge in [-0.15, -0.1) is 0 Å². The van der Waals surface area contributed by atoms with Crippen LogP contribution >= 0.6 is 0 Å². The van der Waals surface area contributed by atoms with Gasteiger partial charge in [0, 0.05) is 6.54 Å². The number of esters is 2. The molecule has 0 aliphatic heterocycles. The molecule has 1 aromatic heterocycles. The number of hydrogen-bond acceptors (Lipinski definition) is 6. The zero-order valence-electron chi connectivity index (χ0n) is 12.1. The Kier molecular flexibility index (Phi) is 6.02. The summed E-state index contributed by atoms with van der Waals surface area (Å²) in [6, 6.07) is 0. The van der Waals surface area contributed by atoms with Crippen LogP contribution in [0.3, 0.4) is 0 Å². The summed E-state index contributed by atoms with van der Waals surface area (Å²) >= 11 is 0. The first-order chi connectivity index (χ1) is 9.51. The zero-order chi connectivity index (χ0) is 15.1. The van der Waals surface area contributed by atoms with Gasteiger partial charge in [-0.2, -0.15) is 5.10 Å². The molecule has 112 valence electrons. The van der Waals surface area contributed by atoms with E-state index in [1.54, 1.807) is 6.92 Å². The number of nitrogen functional groups attached to an aromatic ring is 1. The van der Waals surface area contributed by atoms with Gasteiger partial charge < -0.3 is 15.2 Å². The highest BCUT2D eigenvalue weighted by molar-refractivity contribution is 5.94. The summed E-state index contributed by atoms with van der Waals surface area (Å²) in [7, 11) is 0. The monoisotopic (exact) mass is 283 g/mol. The van der Waals surface area contributed by atoms with Gasteiger partial charge in [-0.3, -0.25) is 4.68 Å². The van der Waals surface area contributed by atoms with Crippen LogP contribution in [0.1, 0.15) is 42.9 Å². The van der Waals surface area contributed by atoms with Crippen LogP contribution in [0.5, 0.6) is 0 Å². The van der Waals surface area contributed by atoms with Crippen molar-refractivity contribution in [3.8, 4) is 0 Å². The molecule has 0 fully saturated rings. The molecule has 7 nitrogen and oxygen atoms in total. The Labute approximate surface area is 118 Å². The lowest BCUT2D eigenvalue weighted by Crippen LogP contribution is -2.20. The van der Waals surface area contributed by atoms with Crippen LogP contribution in [0.2, 0.25) is 0 Å². The molecule has 0 saturated heterocycles. The molecule has 7 heteroatoms. The van der Waals surface area contributed by atoms with E-state index >= 15 is 0 Å². The number of rotatable bonds is 7. The molecule has 0 aliphatic carbocycles. The van der Waals surface area contributed by atoms with E-state index in [-0.39, 0.29) is 11.4 Å². The molecule has 20 heavy (non-hydrogen) atoms. The molecule has 0 atom stereocenters. The highest BCUT2D eigenvalue weighted by Gasteiger charge is 2.21. The molecule has 0 unspecified atom stereocenters. The molecule has 2 N–H and O–H groups in total. The average Bonchev–Trinajstić information content (AvgIpc) is 2.72.